The number of hydrogen-bond donors (Lipinski definition) is 0. The Balaban J connectivity index is 1.71. The van der Waals surface area contributed by atoms with E-state index in [1.54, 1.807) is 0 Å². The number of nitrogens with zero attached hydrogens (tertiary/aromatic N) is 1. The van der Waals surface area contributed by atoms with Crippen molar-refractivity contribution in [1.29, 1.82) is 0 Å². The molecule has 0 aromatic carbocycles. The van der Waals surface area contributed by atoms with Gasteiger partial charge in [-0.3, -0.25) is 9.69 Å². The summed E-state index contributed by atoms with van der Waals surface area (Å²) in [5.74, 6) is 0.512. The molecule has 96 valence electrons. The molecular formula is C14H23NOS. The van der Waals surface area contributed by atoms with E-state index in [9.17, 15) is 4.79 Å². The van der Waals surface area contributed by atoms with Gasteiger partial charge in [0.25, 0.3) is 0 Å². The highest BCUT2D eigenvalue weighted by Crippen LogP contribution is 2.44. The minimum Gasteiger partial charge on any atom is -0.300 e. The molecule has 2 heterocycles. The fourth-order valence-electron chi connectivity index (χ4n) is 4.10. The maximum atomic E-state index is 11.6. The Labute approximate surface area is 109 Å². The lowest BCUT2D eigenvalue weighted by molar-refractivity contribution is -0.123. The first-order valence-electron chi connectivity index (χ1n) is 7.05. The van der Waals surface area contributed by atoms with Gasteiger partial charge >= 0.3 is 0 Å². The minimum atomic E-state index is 0.512. The molecule has 3 heteroatoms. The normalized spacial score (nSPS) is 36.6. The van der Waals surface area contributed by atoms with Gasteiger partial charge < -0.3 is 0 Å². The second-order valence-corrected chi connectivity index (χ2v) is 7.37. The highest BCUT2D eigenvalue weighted by molar-refractivity contribution is 8.00. The van der Waals surface area contributed by atoms with Crippen LogP contribution in [0.15, 0.2) is 0 Å². The van der Waals surface area contributed by atoms with Crippen LogP contribution in [0.3, 0.4) is 0 Å². The maximum absolute atomic E-state index is 11.6. The summed E-state index contributed by atoms with van der Waals surface area (Å²) < 4.78 is 0.515. The highest BCUT2D eigenvalue weighted by atomic mass is 32.2. The second kappa shape index (κ2) is 4.58. The molecule has 0 amide bonds. The van der Waals surface area contributed by atoms with Gasteiger partial charge in [0.1, 0.15) is 5.78 Å². The quantitative estimate of drug-likeness (QED) is 0.771. The van der Waals surface area contributed by atoms with Crippen LogP contribution in [0, 0.1) is 0 Å². The molecule has 0 radical (unpaired) electrons. The smallest absolute Gasteiger partial charge is 0.136 e. The van der Waals surface area contributed by atoms with Crippen LogP contribution in [0.5, 0.6) is 0 Å². The number of hydrogen-bond acceptors (Lipinski definition) is 3. The minimum absolute atomic E-state index is 0.512. The summed E-state index contributed by atoms with van der Waals surface area (Å²) in [5, 5.41) is 0. The van der Waals surface area contributed by atoms with Crippen molar-refractivity contribution in [2.45, 2.75) is 68.2 Å². The van der Waals surface area contributed by atoms with Gasteiger partial charge in [-0.25, -0.2) is 0 Å². The van der Waals surface area contributed by atoms with Crippen molar-refractivity contribution in [1.82, 2.24) is 4.90 Å². The van der Waals surface area contributed by atoms with E-state index in [1.165, 1.54) is 45.1 Å². The molecule has 3 aliphatic rings. The Morgan fingerprint density at radius 1 is 1.24 bits per heavy atom. The molecule has 3 fully saturated rings. The number of carbonyl (C=O) groups is 1. The summed E-state index contributed by atoms with van der Waals surface area (Å²) in [6.45, 7) is 1.25. The summed E-state index contributed by atoms with van der Waals surface area (Å²) in [7, 11) is 0. The number of fused-ring (bicyclic) bond motifs is 2. The lowest BCUT2D eigenvalue weighted by atomic mass is 9.98. The van der Waals surface area contributed by atoms with E-state index in [4.69, 9.17) is 0 Å². The number of thioether (sulfide) groups is 1. The number of rotatable bonds is 3. The Morgan fingerprint density at radius 2 is 1.82 bits per heavy atom. The number of Topliss-reactive ketones (excluding diaryl/α,β-unsaturated/α-hetero) is 1. The molecule has 1 aliphatic carbocycles. The Morgan fingerprint density at radius 3 is 2.35 bits per heavy atom. The van der Waals surface area contributed by atoms with Crippen molar-refractivity contribution in [3.8, 4) is 0 Å². The van der Waals surface area contributed by atoms with E-state index in [-0.39, 0.29) is 0 Å². The molecule has 2 aliphatic heterocycles. The zero-order valence-corrected chi connectivity index (χ0v) is 11.6. The van der Waals surface area contributed by atoms with Crippen molar-refractivity contribution >= 4 is 17.5 Å². The summed E-state index contributed by atoms with van der Waals surface area (Å²) in [5.41, 5.74) is 0. The molecule has 2 atom stereocenters. The standard InChI is InChI=1S/C14H23NOS/c1-17-14(6-2-3-7-14)10-15-11-4-5-12(15)9-13(16)8-11/h11-12H,2-10H2,1H3. The van der Waals surface area contributed by atoms with Crippen LogP contribution in [-0.4, -0.2) is 40.3 Å². The van der Waals surface area contributed by atoms with Crippen LogP contribution in [0.25, 0.3) is 0 Å². The molecule has 0 aromatic rings. The van der Waals surface area contributed by atoms with Crippen LogP contribution < -0.4 is 0 Å². The molecular weight excluding hydrogens is 230 g/mol. The summed E-state index contributed by atoms with van der Waals surface area (Å²) in [4.78, 5) is 14.3. The molecule has 3 rings (SSSR count). The number of ketones is 1. The average Bonchev–Trinajstić information content (AvgIpc) is 2.86. The first-order valence-corrected chi connectivity index (χ1v) is 8.27. The lowest BCUT2D eigenvalue weighted by Gasteiger charge is -2.40. The molecule has 0 N–H and O–H groups in total. The Hall–Kier alpha value is -0.0200. The lowest BCUT2D eigenvalue weighted by Crippen LogP contribution is -2.49. The van der Waals surface area contributed by atoms with Crippen LogP contribution in [0.4, 0.5) is 0 Å². The Bertz CT molecular complexity index is 295. The molecule has 0 spiro atoms. The third-order valence-electron chi connectivity index (χ3n) is 5.12. The Kier molecular flexibility index (Phi) is 3.24. The van der Waals surface area contributed by atoms with Crippen LogP contribution in [0.2, 0.25) is 0 Å². The predicted octanol–water partition coefficient (Wildman–Crippen LogP) is 2.86. The van der Waals surface area contributed by atoms with Gasteiger partial charge in [-0.1, -0.05) is 12.8 Å². The molecule has 0 aromatic heterocycles. The van der Waals surface area contributed by atoms with Crippen molar-refractivity contribution in [2.75, 3.05) is 12.8 Å². The summed E-state index contributed by atoms with van der Waals surface area (Å²) in [6, 6.07) is 1.18. The van der Waals surface area contributed by atoms with Gasteiger partial charge in [0, 0.05) is 36.2 Å². The third kappa shape index (κ3) is 2.17. The molecule has 1 saturated carbocycles. The number of carbonyl (C=O) groups excluding carboxylic acids is 1. The van der Waals surface area contributed by atoms with Gasteiger partial charge in [0.05, 0.1) is 0 Å². The first-order chi connectivity index (χ1) is 8.22. The first kappa shape index (κ1) is 12.0. The van der Waals surface area contributed by atoms with Gasteiger partial charge in [-0.2, -0.15) is 11.8 Å². The predicted molar refractivity (Wildman–Crippen MR) is 72.5 cm³/mol. The maximum Gasteiger partial charge on any atom is 0.136 e. The molecule has 2 nitrogen and oxygen atoms in total. The largest absolute Gasteiger partial charge is 0.300 e. The number of piperidine rings is 1. The monoisotopic (exact) mass is 253 g/mol. The second-order valence-electron chi connectivity index (χ2n) is 6.10. The summed E-state index contributed by atoms with van der Waals surface area (Å²) >= 11 is 2.08. The van der Waals surface area contributed by atoms with Gasteiger partial charge in [0.15, 0.2) is 0 Å². The molecule has 17 heavy (non-hydrogen) atoms. The van der Waals surface area contributed by atoms with Crippen molar-refractivity contribution in [3.05, 3.63) is 0 Å². The van der Waals surface area contributed by atoms with Crippen molar-refractivity contribution in [3.63, 3.8) is 0 Å². The van der Waals surface area contributed by atoms with E-state index in [2.05, 4.69) is 22.9 Å². The SMILES string of the molecule is CSC1(CN2C3CCC2CC(=O)C3)CCCC1. The zero-order chi connectivity index (χ0) is 11.9. The van der Waals surface area contributed by atoms with Gasteiger partial charge in [-0.15, -0.1) is 0 Å². The van der Waals surface area contributed by atoms with E-state index in [1.807, 2.05) is 0 Å². The summed E-state index contributed by atoms with van der Waals surface area (Å²) in [6.07, 6.45) is 12.1. The highest BCUT2D eigenvalue weighted by Gasteiger charge is 2.44. The fourth-order valence-corrected chi connectivity index (χ4v) is 5.07. The molecule has 2 bridgehead atoms. The van der Waals surface area contributed by atoms with E-state index >= 15 is 0 Å². The van der Waals surface area contributed by atoms with E-state index in [0.29, 0.717) is 22.6 Å². The average molecular weight is 253 g/mol. The van der Waals surface area contributed by atoms with Crippen molar-refractivity contribution < 1.29 is 4.79 Å². The van der Waals surface area contributed by atoms with E-state index < -0.39 is 0 Å². The topological polar surface area (TPSA) is 20.3 Å². The molecule has 2 saturated heterocycles. The fraction of sp³-hybridized carbons (Fsp3) is 0.929. The van der Waals surface area contributed by atoms with Gasteiger partial charge in [0.2, 0.25) is 0 Å². The van der Waals surface area contributed by atoms with Crippen LogP contribution >= 0.6 is 11.8 Å². The zero-order valence-electron chi connectivity index (χ0n) is 10.8. The van der Waals surface area contributed by atoms with Crippen LogP contribution in [-0.2, 0) is 4.79 Å². The van der Waals surface area contributed by atoms with Crippen LogP contribution in [0.1, 0.15) is 51.4 Å². The van der Waals surface area contributed by atoms with Gasteiger partial charge in [-0.05, 0) is 31.9 Å². The van der Waals surface area contributed by atoms with E-state index in [0.717, 1.165) is 12.8 Å². The molecule has 2 unspecified atom stereocenters. The third-order valence-corrected chi connectivity index (χ3v) is 6.52. The van der Waals surface area contributed by atoms with Crippen molar-refractivity contribution in [2.24, 2.45) is 0 Å².